The van der Waals surface area contributed by atoms with Gasteiger partial charge in [0.05, 0.1) is 6.20 Å². The molecule has 0 saturated heterocycles. The Morgan fingerprint density at radius 3 is 2.79 bits per heavy atom. The maximum Gasteiger partial charge on any atom is 0.141 e. The Kier molecular flexibility index (Phi) is 3.16. The molecule has 0 aliphatic heterocycles. The summed E-state index contributed by atoms with van der Waals surface area (Å²) in [6.07, 6.45) is 7.88. The summed E-state index contributed by atoms with van der Waals surface area (Å²) in [7, 11) is 0. The quantitative estimate of drug-likeness (QED) is 0.701. The molecule has 2 atom stereocenters. The Balaban J connectivity index is 2.20. The number of hydrogen-bond donors (Lipinski definition) is 0. The van der Waals surface area contributed by atoms with Crippen molar-refractivity contribution in [3.8, 4) is 0 Å². The first kappa shape index (κ1) is 10.1. The lowest BCUT2D eigenvalue weighted by Crippen LogP contribution is -2.17. The third-order valence-corrected chi connectivity index (χ3v) is 3.93. The van der Waals surface area contributed by atoms with E-state index in [1.807, 2.05) is 0 Å². The minimum Gasteiger partial charge on any atom is -0.261 e. The lowest BCUT2D eigenvalue weighted by atomic mass is 9.85. The minimum atomic E-state index is -0.229. The van der Waals surface area contributed by atoms with Crippen molar-refractivity contribution < 1.29 is 4.39 Å². The minimum absolute atomic E-state index is 0.229. The van der Waals surface area contributed by atoms with Crippen LogP contribution in [0, 0.1) is 5.82 Å². The number of alkyl halides is 1. The molecule has 1 fully saturated rings. The SMILES string of the molecule is Fc1cncc(C2CCCCC2Br)c1. The lowest BCUT2D eigenvalue weighted by molar-refractivity contribution is 0.458. The molecule has 1 saturated carbocycles. The summed E-state index contributed by atoms with van der Waals surface area (Å²) >= 11 is 3.67. The molecule has 1 aromatic heterocycles. The van der Waals surface area contributed by atoms with Crippen molar-refractivity contribution in [1.29, 1.82) is 0 Å². The summed E-state index contributed by atoms with van der Waals surface area (Å²) in [5.74, 6) is 0.208. The molecule has 2 rings (SSSR count). The van der Waals surface area contributed by atoms with Gasteiger partial charge < -0.3 is 0 Å². The van der Waals surface area contributed by atoms with E-state index >= 15 is 0 Å². The van der Waals surface area contributed by atoms with Gasteiger partial charge in [-0.3, -0.25) is 4.98 Å². The number of nitrogens with zero attached hydrogens (tertiary/aromatic N) is 1. The van der Waals surface area contributed by atoms with Gasteiger partial charge in [0.1, 0.15) is 5.82 Å². The molecule has 1 nitrogen and oxygen atoms in total. The maximum atomic E-state index is 13.0. The monoisotopic (exact) mass is 257 g/mol. The average molecular weight is 258 g/mol. The predicted octanol–water partition coefficient (Wildman–Crippen LogP) is 3.64. The van der Waals surface area contributed by atoms with E-state index in [0.29, 0.717) is 10.7 Å². The molecule has 3 heteroatoms. The summed E-state index contributed by atoms with van der Waals surface area (Å²) in [6.45, 7) is 0. The first-order valence-electron chi connectivity index (χ1n) is 5.02. The molecule has 1 heterocycles. The smallest absolute Gasteiger partial charge is 0.141 e. The largest absolute Gasteiger partial charge is 0.261 e. The van der Waals surface area contributed by atoms with E-state index in [9.17, 15) is 4.39 Å². The van der Waals surface area contributed by atoms with Crippen LogP contribution >= 0.6 is 15.9 Å². The fourth-order valence-electron chi connectivity index (χ4n) is 2.09. The highest BCUT2D eigenvalue weighted by Crippen LogP contribution is 2.37. The second-order valence-electron chi connectivity index (χ2n) is 3.84. The van der Waals surface area contributed by atoms with Crippen LogP contribution in [0.25, 0.3) is 0 Å². The molecule has 76 valence electrons. The van der Waals surface area contributed by atoms with Gasteiger partial charge in [-0.1, -0.05) is 28.8 Å². The molecule has 0 bridgehead atoms. The molecular weight excluding hydrogens is 245 g/mol. The van der Waals surface area contributed by atoms with Crippen LogP contribution in [0.3, 0.4) is 0 Å². The van der Waals surface area contributed by atoms with Gasteiger partial charge in [-0.2, -0.15) is 0 Å². The zero-order valence-electron chi connectivity index (χ0n) is 7.92. The third kappa shape index (κ3) is 2.14. The third-order valence-electron chi connectivity index (χ3n) is 2.84. The van der Waals surface area contributed by atoms with Crippen LogP contribution in [0.15, 0.2) is 18.5 Å². The first-order chi connectivity index (χ1) is 6.77. The molecule has 1 aliphatic rings. The van der Waals surface area contributed by atoms with Gasteiger partial charge >= 0.3 is 0 Å². The standard InChI is InChI=1S/C11H13BrFN/c12-11-4-2-1-3-10(11)8-5-9(13)7-14-6-8/h5-7,10-11H,1-4H2. The Bertz CT molecular complexity index is 316. The van der Waals surface area contributed by atoms with Crippen molar-refractivity contribution in [2.45, 2.75) is 36.4 Å². The van der Waals surface area contributed by atoms with Gasteiger partial charge in [-0.15, -0.1) is 0 Å². The van der Waals surface area contributed by atoms with E-state index in [1.54, 1.807) is 12.3 Å². The molecule has 1 aromatic rings. The Labute approximate surface area is 91.9 Å². The number of halogens is 2. The zero-order valence-corrected chi connectivity index (χ0v) is 9.50. The normalized spacial score (nSPS) is 27.6. The van der Waals surface area contributed by atoms with Crippen LogP contribution in [0.5, 0.6) is 0 Å². The van der Waals surface area contributed by atoms with E-state index in [1.165, 1.54) is 25.5 Å². The highest BCUT2D eigenvalue weighted by atomic mass is 79.9. The van der Waals surface area contributed by atoms with Gasteiger partial charge in [0, 0.05) is 11.0 Å². The number of rotatable bonds is 1. The Morgan fingerprint density at radius 1 is 1.29 bits per heavy atom. The fraction of sp³-hybridized carbons (Fsp3) is 0.545. The highest BCUT2D eigenvalue weighted by molar-refractivity contribution is 9.09. The van der Waals surface area contributed by atoms with Crippen LogP contribution in [0.4, 0.5) is 4.39 Å². The van der Waals surface area contributed by atoms with Crippen molar-refractivity contribution >= 4 is 15.9 Å². The summed E-state index contributed by atoms with van der Waals surface area (Å²) in [5, 5.41) is 0. The van der Waals surface area contributed by atoms with Gasteiger partial charge in [0.2, 0.25) is 0 Å². The van der Waals surface area contributed by atoms with Gasteiger partial charge in [0.25, 0.3) is 0 Å². The highest BCUT2D eigenvalue weighted by Gasteiger charge is 2.24. The molecule has 0 spiro atoms. The zero-order chi connectivity index (χ0) is 9.97. The van der Waals surface area contributed by atoms with E-state index in [2.05, 4.69) is 20.9 Å². The van der Waals surface area contributed by atoms with Crippen LogP contribution in [0.2, 0.25) is 0 Å². The molecule has 0 N–H and O–H groups in total. The van der Waals surface area contributed by atoms with Crippen molar-refractivity contribution in [3.05, 3.63) is 29.8 Å². The molecule has 0 aromatic carbocycles. The number of aromatic nitrogens is 1. The van der Waals surface area contributed by atoms with Crippen molar-refractivity contribution in [1.82, 2.24) is 4.98 Å². The van der Waals surface area contributed by atoms with E-state index < -0.39 is 0 Å². The van der Waals surface area contributed by atoms with Crippen molar-refractivity contribution in [3.63, 3.8) is 0 Å². The Morgan fingerprint density at radius 2 is 2.07 bits per heavy atom. The van der Waals surface area contributed by atoms with Crippen molar-refractivity contribution in [2.75, 3.05) is 0 Å². The summed E-state index contributed by atoms with van der Waals surface area (Å²) in [6, 6.07) is 1.61. The molecular formula is C11H13BrFN. The van der Waals surface area contributed by atoms with Crippen molar-refractivity contribution in [2.24, 2.45) is 0 Å². The van der Waals surface area contributed by atoms with Gasteiger partial charge in [0.15, 0.2) is 0 Å². The molecule has 0 radical (unpaired) electrons. The topological polar surface area (TPSA) is 12.9 Å². The molecule has 14 heavy (non-hydrogen) atoms. The van der Waals surface area contributed by atoms with E-state index in [-0.39, 0.29) is 5.82 Å². The summed E-state index contributed by atoms with van der Waals surface area (Å²) < 4.78 is 13.0. The maximum absolute atomic E-state index is 13.0. The average Bonchev–Trinajstić information content (AvgIpc) is 2.18. The van der Waals surface area contributed by atoms with Crippen LogP contribution < -0.4 is 0 Å². The second kappa shape index (κ2) is 4.39. The van der Waals surface area contributed by atoms with Crippen LogP contribution in [-0.4, -0.2) is 9.81 Å². The summed E-state index contributed by atoms with van der Waals surface area (Å²) in [4.78, 5) is 4.38. The molecule has 1 aliphatic carbocycles. The molecule has 0 amide bonds. The van der Waals surface area contributed by atoms with Crippen LogP contribution in [0.1, 0.15) is 37.2 Å². The predicted molar refractivity (Wildman–Crippen MR) is 58.1 cm³/mol. The summed E-state index contributed by atoms with van der Waals surface area (Å²) in [5.41, 5.74) is 1.03. The van der Waals surface area contributed by atoms with E-state index in [0.717, 1.165) is 12.0 Å². The molecule has 2 unspecified atom stereocenters. The lowest BCUT2D eigenvalue weighted by Gasteiger charge is -2.27. The van der Waals surface area contributed by atoms with E-state index in [4.69, 9.17) is 0 Å². The Hall–Kier alpha value is -0.440. The van der Waals surface area contributed by atoms with Crippen LogP contribution in [-0.2, 0) is 0 Å². The van der Waals surface area contributed by atoms with Gasteiger partial charge in [-0.05, 0) is 30.4 Å². The first-order valence-corrected chi connectivity index (χ1v) is 5.93. The number of hydrogen-bond acceptors (Lipinski definition) is 1. The second-order valence-corrected chi connectivity index (χ2v) is 5.02. The van der Waals surface area contributed by atoms with Gasteiger partial charge in [-0.25, -0.2) is 4.39 Å². The number of pyridine rings is 1. The fourth-order valence-corrected chi connectivity index (χ4v) is 2.99.